The summed E-state index contributed by atoms with van der Waals surface area (Å²) in [7, 11) is 0. The highest BCUT2D eigenvalue weighted by Gasteiger charge is 2.47. The number of allylic oxidation sites excluding steroid dienone is 4. The van der Waals surface area contributed by atoms with E-state index in [0.717, 1.165) is 49.9 Å². The highest BCUT2D eigenvalue weighted by atomic mass is 16.5. The van der Waals surface area contributed by atoms with Crippen molar-refractivity contribution in [2.45, 2.75) is 70.8 Å². The molecule has 1 saturated carbocycles. The number of carbonyl (C=O) groups excluding carboxylic acids is 1. The van der Waals surface area contributed by atoms with Crippen LogP contribution in [0.1, 0.15) is 65.2 Å². The van der Waals surface area contributed by atoms with E-state index in [1.54, 1.807) is 0 Å². The molecule has 0 saturated heterocycles. The number of hydrogen-bond acceptors (Lipinski definition) is 2. The van der Waals surface area contributed by atoms with E-state index in [9.17, 15) is 4.79 Å². The van der Waals surface area contributed by atoms with E-state index < -0.39 is 5.60 Å². The summed E-state index contributed by atoms with van der Waals surface area (Å²) in [4.78, 5) is 12.8. The lowest BCUT2D eigenvalue weighted by atomic mass is 9.71. The molecule has 0 N–H and O–H groups in total. The molecular weight excluding hydrogens is 272 g/mol. The van der Waals surface area contributed by atoms with Gasteiger partial charge >= 0.3 is 0 Å². The van der Waals surface area contributed by atoms with Crippen molar-refractivity contribution in [3.63, 3.8) is 0 Å². The number of carbonyl (C=O) groups is 1. The van der Waals surface area contributed by atoms with E-state index in [2.05, 4.69) is 20.1 Å². The smallest absolute Gasteiger partial charge is 0.176 e. The van der Waals surface area contributed by atoms with Crippen molar-refractivity contribution in [3.05, 3.63) is 35.6 Å². The number of Topliss-reactive ketones (excluding diaryl/α,β-unsaturated/α-hetero) is 1. The van der Waals surface area contributed by atoms with Gasteiger partial charge in [-0.1, -0.05) is 24.3 Å². The molecule has 1 aliphatic heterocycles. The first-order valence-corrected chi connectivity index (χ1v) is 8.65. The van der Waals surface area contributed by atoms with Crippen LogP contribution in [-0.4, -0.2) is 11.4 Å². The molecule has 0 aromatic rings. The van der Waals surface area contributed by atoms with Crippen LogP contribution in [0.3, 0.4) is 0 Å². The first kappa shape index (κ1) is 15.6. The van der Waals surface area contributed by atoms with Crippen molar-refractivity contribution in [2.24, 2.45) is 11.8 Å². The molecule has 0 bridgehead atoms. The van der Waals surface area contributed by atoms with Crippen molar-refractivity contribution in [1.82, 2.24) is 0 Å². The van der Waals surface area contributed by atoms with Gasteiger partial charge in [-0.25, -0.2) is 0 Å². The van der Waals surface area contributed by atoms with Gasteiger partial charge in [0.15, 0.2) is 11.4 Å². The van der Waals surface area contributed by atoms with Gasteiger partial charge in [0.25, 0.3) is 0 Å². The largest absolute Gasteiger partial charge is 0.484 e. The second-order valence-electron chi connectivity index (χ2n) is 7.62. The molecule has 1 unspecified atom stereocenters. The Kier molecular flexibility index (Phi) is 4.05. The van der Waals surface area contributed by atoms with Crippen molar-refractivity contribution >= 4 is 5.78 Å². The van der Waals surface area contributed by atoms with Crippen LogP contribution in [0.5, 0.6) is 0 Å². The van der Waals surface area contributed by atoms with Crippen LogP contribution in [0, 0.1) is 11.8 Å². The summed E-state index contributed by atoms with van der Waals surface area (Å²) in [5.41, 5.74) is 3.31. The van der Waals surface area contributed by atoms with Gasteiger partial charge in [0.2, 0.25) is 0 Å². The standard InChI is InChI=1S/C20H28O2/c1-13(2)16-6-5-15-7-9-20(22-18(15)11-16)10-8-17(14(3)4)12-19(20)21/h16-17H,1,3,5-12H2,2,4H3/t16-,17-,20?/m1/s1. The number of ether oxygens (including phenoxy) is 1. The molecule has 2 nitrogen and oxygen atoms in total. The molecule has 0 amide bonds. The zero-order chi connectivity index (χ0) is 15.9. The van der Waals surface area contributed by atoms with Gasteiger partial charge in [0, 0.05) is 12.8 Å². The molecule has 1 spiro atoms. The normalized spacial score (nSPS) is 35.1. The molecule has 3 rings (SSSR count). The van der Waals surface area contributed by atoms with E-state index in [-0.39, 0.29) is 0 Å². The summed E-state index contributed by atoms with van der Waals surface area (Å²) in [6.45, 7) is 12.3. The van der Waals surface area contributed by atoms with E-state index >= 15 is 0 Å². The van der Waals surface area contributed by atoms with Crippen LogP contribution < -0.4 is 0 Å². The Morgan fingerprint density at radius 2 is 1.73 bits per heavy atom. The Hall–Kier alpha value is -1.31. The molecule has 1 fully saturated rings. The monoisotopic (exact) mass is 300 g/mol. The quantitative estimate of drug-likeness (QED) is 0.662. The predicted octanol–water partition coefficient (Wildman–Crippen LogP) is 5.11. The predicted molar refractivity (Wildman–Crippen MR) is 89.4 cm³/mol. The average Bonchev–Trinajstić information content (AvgIpc) is 2.49. The van der Waals surface area contributed by atoms with Gasteiger partial charge in [0.05, 0.1) is 5.76 Å². The van der Waals surface area contributed by atoms with Gasteiger partial charge in [-0.15, -0.1) is 0 Å². The minimum atomic E-state index is -0.526. The maximum absolute atomic E-state index is 12.8. The summed E-state index contributed by atoms with van der Waals surface area (Å²) in [6.07, 6.45) is 7.69. The van der Waals surface area contributed by atoms with Gasteiger partial charge in [-0.3, -0.25) is 4.79 Å². The molecule has 3 aliphatic rings. The molecule has 22 heavy (non-hydrogen) atoms. The van der Waals surface area contributed by atoms with Crippen molar-refractivity contribution < 1.29 is 9.53 Å². The average molecular weight is 300 g/mol. The molecule has 120 valence electrons. The molecule has 1 heterocycles. The van der Waals surface area contributed by atoms with Crippen LogP contribution in [0.15, 0.2) is 35.6 Å². The van der Waals surface area contributed by atoms with Gasteiger partial charge in [-0.2, -0.15) is 0 Å². The van der Waals surface area contributed by atoms with E-state index in [1.807, 2.05) is 6.92 Å². The third-order valence-electron chi connectivity index (χ3n) is 6.00. The maximum Gasteiger partial charge on any atom is 0.176 e. The number of hydrogen-bond donors (Lipinski definition) is 0. The Bertz CT molecular complexity index is 554. The van der Waals surface area contributed by atoms with Crippen molar-refractivity contribution in [3.8, 4) is 0 Å². The molecule has 0 aromatic carbocycles. The van der Waals surface area contributed by atoms with Crippen LogP contribution in [0.25, 0.3) is 0 Å². The summed E-state index contributed by atoms with van der Waals surface area (Å²) in [6, 6.07) is 0. The van der Waals surface area contributed by atoms with E-state index in [4.69, 9.17) is 4.74 Å². The van der Waals surface area contributed by atoms with Gasteiger partial charge in [0.1, 0.15) is 0 Å². The summed E-state index contributed by atoms with van der Waals surface area (Å²) in [5, 5.41) is 0. The Morgan fingerprint density at radius 3 is 2.36 bits per heavy atom. The van der Waals surface area contributed by atoms with E-state index in [1.165, 1.54) is 17.6 Å². The highest BCUT2D eigenvalue weighted by Crippen LogP contribution is 2.47. The first-order chi connectivity index (χ1) is 10.4. The highest BCUT2D eigenvalue weighted by molar-refractivity contribution is 5.89. The van der Waals surface area contributed by atoms with Crippen LogP contribution >= 0.6 is 0 Å². The fourth-order valence-electron chi connectivity index (χ4n) is 4.25. The lowest BCUT2D eigenvalue weighted by Crippen LogP contribution is -2.48. The topological polar surface area (TPSA) is 26.3 Å². The molecular formula is C20H28O2. The van der Waals surface area contributed by atoms with Crippen molar-refractivity contribution in [2.75, 3.05) is 0 Å². The molecule has 0 radical (unpaired) electrons. The van der Waals surface area contributed by atoms with Crippen LogP contribution in [0.2, 0.25) is 0 Å². The van der Waals surface area contributed by atoms with Gasteiger partial charge < -0.3 is 4.74 Å². The maximum atomic E-state index is 12.8. The van der Waals surface area contributed by atoms with Gasteiger partial charge in [-0.05, 0) is 69.8 Å². The molecule has 2 heteroatoms. The third kappa shape index (κ3) is 2.68. The fraction of sp³-hybridized carbons (Fsp3) is 0.650. The number of rotatable bonds is 2. The summed E-state index contributed by atoms with van der Waals surface area (Å²) in [5.74, 6) is 2.30. The lowest BCUT2D eigenvalue weighted by molar-refractivity contribution is -0.149. The third-order valence-corrected chi connectivity index (χ3v) is 6.00. The van der Waals surface area contributed by atoms with Crippen LogP contribution in [0.4, 0.5) is 0 Å². The second-order valence-corrected chi connectivity index (χ2v) is 7.62. The van der Waals surface area contributed by atoms with E-state index in [0.29, 0.717) is 24.0 Å². The summed E-state index contributed by atoms with van der Waals surface area (Å²) >= 11 is 0. The lowest BCUT2D eigenvalue weighted by Gasteiger charge is -2.45. The second kappa shape index (κ2) is 5.72. The fourth-order valence-corrected chi connectivity index (χ4v) is 4.25. The minimum Gasteiger partial charge on any atom is -0.484 e. The Morgan fingerprint density at radius 1 is 1.05 bits per heavy atom. The van der Waals surface area contributed by atoms with Crippen LogP contribution in [-0.2, 0) is 9.53 Å². The summed E-state index contributed by atoms with van der Waals surface area (Å²) < 4.78 is 6.40. The van der Waals surface area contributed by atoms with Crippen molar-refractivity contribution in [1.29, 1.82) is 0 Å². The Labute approximate surface area is 134 Å². The SMILES string of the molecule is C=C(C)[C@@H]1CCC2(CCC3=C(C[C@H](C(=C)C)CC3)O2)C(=O)C1. The zero-order valence-electron chi connectivity index (χ0n) is 14.0. The molecule has 3 atom stereocenters. The first-order valence-electron chi connectivity index (χ1n) is 8.65. The zero-order valence-corrected chi connectivity index (χ0v) is 14.0. The number of ketones is 1. The molecule has 2 aliphatic carbocycles. The Balaban J connectivity index is 1.76. The minimum absolute atomic E-state index is 0.302. The molecule has 0 aromatic heterocycles.